The summed E-state index contributed by atoms with van der Waals surface area (Å²) in [5.41, 5.74) is 7.21. The fourth-order valence-corrected chi connectivity index (χ4v) is 6.21. The molecule has 4 heterocycles. The van der Waals surface area contributed by atoms with Gasteiger partial charge in [-0.15, -0.1) is 0 Å². The SMILES string of the molecule is CN(C)c1ccc(CN2CCC(Nc3c(Cl)cnc4nc(-c5ccc(N6CCN(CCO)CC6)cc5)[nH]c34)CC2)cc1. The molecule has 0 saturated carbocycles. The maximum Gasteiger partial charge on any atom is 0.180 e. The van der Waals surface area contributed by atoms with Gasteiger partial charge in [0.25, 0.3) is 0 Å². The lowest BCUT2D eigenvalue weighted by Gasteiger charge is -2.35. The maximum absolute atomic E-state index is 9.20. The molecule has 3 N–H and O–H groups in total. The molecular formula is C32H41ClN8O. The number of hydrogen-bond donors (Lipinski definition) is 3. The van der Waals surface area contributed by atoms with Crippen LogP contribution in [0.2, 0.25) is 5.02 Å². The number of aliphatic hydroxyl groups excluding tert-OH is 1. The lowest BCUT2D eigenvalue weighted by Crippen LogP contribution is -2.47. The highest BCUT2D eigenvalue weighted by Gasteiger charge is 2.22. The van der Waals surface area contributed by atoms with Gasteiger partial charge in [-0.3, -0.25) is 9.80 Å². The van der Waals surface area contributed by atoms with Gasteiger partial charge >= 0.3 is 0 Å². The number of piperidine rings is 1. The van der Waals surface area contributed by atoms with E-state index >= 15 is 0 Å². The summed E-state index contributed by atoms with van der Waals surface area (Å²) in [5.74, 6) is 0.789. The molecule has 6 rings (SSSR count). The van der Waals surface area contributed by atoms with Gasteiger partial charge in [0.05, 0.1) is 23.5 Å². The zero-order valence-electron chi connectivity index (χ0n) is 24.6. The summed E-state index contributed by atoms with van der Waals surface area (Å²) in [6, 6.07) is 17.7. The molecule has 2 aromatic heterocycles. The summed E-state index contributed by atoms with van der Waals surface area (Å²) < 4.78 is 0. The van der Waals surface area contributed by atoms with Gasteiger partial charge in [0.1, 0.15) is 11.3 Å². The number of aliphatic hydroxyl groups is 1. The number of aromatic nitrogens is 3. The molecular weight excluding hydrogens is 548 g/mol. The molecule has 9 nitrogen and oxygen atoms in total. The van der Waals surface area contributed by atoms with Crippen LogP contribution in [-0.2, 0) is 6.54 Å². The molecule has 222 valence electrons. The third-order valence-corrected chi connectivity index (χ3v) is 8.85. The molecule has 2 fully saturated rings. The molecule has 42 heavy (non-hydrogen) atoms. The number of aromatic amines is 1. The Kier molecular flexibility index (Phi) is 8.81. The number of nitrogens with one attached hydrogen (secondary N) is 2. The molecule has 0 aliphatic carbocycles. The van der Waals surface area contributed by atoms with Crippen molar-refractivity contribution < 1.29 is 5.11 Å². The second-order valence-corrected chi connectivity index (χ2v) is 12.0. The van der Waals surface area contributed by atoms with Gasteiger partial charge in [-0.1, -0.05) is 23.7 Å². The number of halogens is 1. The quantitative estimate of drug-likeness (QED) is 0.263. The van der Waals surface area contributed by atoms with Crippen molar-refractivity contribution in [3.8, 4) is 11.4 Å². The third-order valence-electron chi connectivity index (χ3n) is 8.56. The van der Waals surface area contributed by atoms with Gasteiger partial charge in [0.15, 0.2) is 5.65 Å². The number of piperazine rings is 1. The van der Waals surface area contributed by atoms with Crippen molar-refractivity contribution in [1.29, 1.82) is 0 Å². The summed E-state index contributed by atoms with van der Waals surface area (Å²) in [5, 5.41) is 13.5. The van der Waals surface area contributed by atoms with Gasteiger partial charge in [-0.05, 0) is 54.8 Å². The number of likely N-dealkylation sites (tertiary alicyclic amines) is 1. The zero-order valence-corrected chi connectivity index (χ0v) is 25.3. The Bertz CT molecular complexity index is 1460. The van der Waals surface area contributed by atoms with Crippen LogP contribution in [0.25, 0.3) is 22.6 Å². The van der Waals surface area contributed by atoms with Crippen LogP contribution in [0.4, 0.5) is 17.1 Å². The predicted molar refractivity (Wildman–Crippen MR) is 173 cm³/mol. The topological polar surface area (TPSA) is 86.8 Å². The molecule has 0 atom stereocenters. The minimum Gasteiger partial charge on any atom is -0.395 e. The van der Waals surface area contributed by atoms with E-state index in [-0.39, 0.29) is 6.61 Å². The van der Waals surface area contributed by atoms with E-state index < -0.39 is 0 Å². The van der Waals surface area contributed by atoms with Crippen molar-refractivity contribution in [3.63, 3.8) is 0 Å². The van der Waals surface area contributed by atoms with Gasteiger partial charge < -0.3 is 25.2 Å². The Morgan fingerprint density at radius 3 is 2.33 bits per heavy atom. The van der Waals surface area contributed by atoms with Crippen molar-refractivity contribution in [2.45, 2.75) is 25.4 Å². The second-order valence-electron chi connectivity index (χ2n) is 11.6. The Balaban J connectivity index is 1.09. The van der Waals surface area contributed by atoms with Crippen LogP contribution in [-0.4, -0.2) is 102 Å². The minimum absolute atomic E-state index is 0.218. The van der Waals surface area contributed by atoms with Gasteiger partial charge in [-0.2, -0.15) is 0 Å². The first-order chi connectivity index (χ1) is 20.5. The monoisotopic (exact) mass is 588 g/mol. The van der Waals surface area contributed by atoms with Gasteiger partial charge in [0, 0.05) is 89.4 Å². The lowest BCUT2D eigenvalue weighted by molar-refractivity contribution is 0.189. The van der Waals surface area contributed by atoms with Crippen LogP contribution in [0.15, 0.2) is 54.7 Å². The second kappa shape index (κ2) is 12.9. The van der Waals surface area contributed by atoms with E-state index in [1.54, 1.807) is 6.20 Å². The van der Waals surface area contributed by atoms with Crippen molar-refractivity contribution >= 4 is 39.8 Å². The number of fused-ring (bicyclic) bond motifs is 1. The average molecular weight is 589 g/mol. The molecule has 0 unspecified atom stereocenters. The molecule has 0 amide bonds. The number of imidazole rings is 1. The Morgan fingerprint density at radius 2 is 1.67 bits per heavy atom. The number of rotatable bonds is 9. The van der Waals surface area contributed by atoms with E-state index in [1.807, 2.05) is 0 Å². The number of β-amino-alcohol motifs (C(OH)–C–C–N with tert-alkyl or cyclic N) is 1. The summed E-state index contributed by atoms with van der Waals surface area (Å²) in [6.45, 7) is 7.88. The Hall–Kier alpha value is -3.37. The number of hydrogen-bond acceptors (Lipinski definition) is 8. The molecule has 2 saturated heterocycles. The first-order valence-electron chi connectivity index (χ1n) is 14.9. The van der Waals surface area contributed by atoms with E-state index in [4.69, 9.17) is 16.6 Å². The number of benzene rings is 2. The normalized spacial score (nSPS) is 17.2. The highest BCUT2D eigenvalue weighted by Crippen LogP contribution is 2.33. The van der Waals surface area contributed by atoms with E-state index in [2.05, 4.69) is 97.5 Å². The first-order valence-corrected chi connectivity index (χ1v) is 15.3. The number of nitrogens with zero attached hydrogens (tertiary/aromatic N) is 6. The highest BCUT2D eigenvalue weighted by molar-refractivity contribution is 6.34. The van der Waals surface area contributed by atoms with E-state index in [0.717, 1.165) is 87.8 Å². The largest absolute Gasteiger partial charge is 0.395 e. The highest BCUT2D eigenvalue weighted by atomic mass is 35.5. The summed E-state index contributed by atoms with van der Waals surface area (Å²) >= 11 is 6.68. The minimum atomic E-state index is 0.218. The van der Waals surface area contributed by atoms with Crippen LogP contribution >= 0.6 is 11.6 Å². The molecule has 2 aromatic carbocycles. The predicted octanol–water partition coefficient (Wildman–Crippen LogP) is 4.54. The van der Waals surface area contributed by atoms with Crippen LogP contribution in [0.3, 0.4) is 0 Å². The van der Waals surface area contributed by atoms with Crippen molar-refractivity contribution in [2.24, 2.45) is 0 Å². The zero-order chi connectivity index (χ0) is 29.1. The Labute approximate surface area is 253 Å². The molecule has 0 spiro atoms. The van der Waals surface area contributed by atoms with E-state index in [1.165, 1.54) is 16.9 Å². The standard InChI is InChI=1S/C32H41ClN8O/c1-38(2)26-7-3-23(4-8-26)22-40-13-11-25(12-14-40)35-29-28(33)21-34-32-30(29)36-31(37-32)24-5-9-27(10-6-24)41-17-15-39(16-18-41)19-20-42/h3-10,21,25,42H,11-20,22H2,1-2H3,(H2,34,35,36,37). The molecule has 0 bridgehead atoms. The lowest BCUT2D eigenvalue weighted by atomic mass is 10.0. The molecule has 2 aliphatic heterocycles. The fourth-order valence-electron chi connectivity index (χ4n) is 6.01. The van der Waals surface area contributed by atoms with Crippen LogP contribution in [0.5, 0.6) is 0 Å². The van der Waals surface area contributed by atoms with Crippen molar-refractivity contribution in [3.05, 3.63) is 65.3 Å². The summed E-state index contributed by atoms with van der Waals surface area (Å²) in [4.78, 5) is 22.2. The fraction of sp³-hybridized carbons (Fsp3) is 0.438. The molecule has 10 heteroatoms. The van der Waals surface area contributed by atoms with Gasteiger partial charge in [0.2, 0.25) is 0 Å². The van der Waals surface area contributed by atoms with Crippen LogP contribution in [0.1, 0.15) is 18.4 Å². The average Bonchev–Trinajstić information content (AvgIpc) is 3.45. The maximum atomic E-state index is 9.20. The van der Waals surface area contributed by atoms with E-state index in [9.17, 15) is 5.11 Å². The van der Waals surface area contributed by atoms with Crippen molar-refractivity contribution in [1.82, 2.24) is 24.8 Å². The number of pyridine rings is 1. The van der Waals surface area contributed by atoms with Crippen LogP contribution in [0, 0.1) is 0 Å². The van der Waals surface area contributed by atoms with Crippen molar-refractivity contribution in [2.75, 3.05) is 81.6 Å². The number of H-pyrrole nitrogens is 1. The summed E-state index contributed by atoms with van der Waals surface area (Å²) in [7, 11) is 4.14. The molecule has 4 aromatic rings. The Morgan fingerprint density at radius 1 is 0.952 bits per heavy atom. The third kappa shape index (κ3) is 6.49. The molecule has 2 aliphatic rings. The van der Waals surface area contributed by atoms with Crippen LogP contribution < -0.4 is 15.1 Å². The van der Waals surface area contributed by atoms with Gasteiger partial charge in [-0.25, -0.2) is 9.97 Å². The smallest absolute Gasteiger partial charge is 0.180 e. The summed E-state index contributed by atoms with van der Waals surface area (Å²) in [6.07, 6.45) is 3.79. The van der Waals surface area contributed by atoms with E-state index in [0.29, 0.717) is 16.7 Å². The number of anilines is 3. The first kappa shape index (κ1) is 28.7. The molecule has 0 radical (unpaired) electrons.